The van der Waals surface area contributed by atoms with E-state index >= 15 is 0 Å². The fourth-order valence-electron chi connectivity index (χ4n) is 3.25. The van der Waals surface area contributed by atoms with Gasteiger partial charge in [0, 0.05) is 5.56 Å². The van der Waals surface area contributed by atoms with Crippen molar-refractivity contribution in [2.75, 3.05) is 26.7 Å². The third kappa shape index (κ3) is 7.01. The maximum absolute atomic E-state index is 6.17. The Hall–Kier alpha value is -0.280. The summed E-state index contributed by atoms with van der Waals surface area (Å²) in [5.74, 6) is 0. The molecule has 1 fully saturated rings. The van der Waals surface area contributed by atoms with Gasteiger partial charge >= 0.3 is 0 Å². The fourth-order valence-corrected chi connectivity index (χ4v) is 3.57. The van der Waals surface area contributed by atoms with E-state index in [9.17, 15) is 0 Å². The van der Waals surface area contributed by atoms with Gasteiger partial charge in [-0.05, 0) is 25.0 Å². The van der Waals surface area contributed by atoms with E-state index in [2.05, 4.69) is 20.0 Å². The highest BCUT2D eigenvalue weighted by molar-refractivity contribution is 6.42. The number of ether oxygens (including phenoxy) is 1. The van der Waals surface area contributed by atoms with E-state index in [1.54, 1.807) is 0 Å². The van der Waals surface area contributed by atoms with Crippen LogP contribution in [0.4, 0.5) is 0 Å². The van der Waals surface area contributed by atoms with Gasteiger partial charge in [0.15, 0.2) is 0 Å². The first-order chi connectivity index (χ1) is 11.0. The van der Waals surface area contributed by atoms with Gasteiger partial charge in [0.05, 0.1) is 30.2 Å². The predicted molar refractivity (Wildman–Crippen MR) is 99.2 cm³/mol. The molecular weight excluding hydrogens is 329 g/mol. The van der Waals surface area contributed by atoms with Crippen molar-refractivity contribution >= 4 is 23.2 Å². The minimum atomic E-state index is 0.447. The number of quaternary nitrogens is 1. The number of nitrogens with zero attached hydrogens (tertiary/aromatic N) is 1. The maximum atomic E-state index is 6.17. The molecule has 2 nitrogen and oxygen atoms in total. The molecule has 0 radical (unpaired) electrons. The summed E-state index contributed by atoms with van der Waals surface area (Å²) in [5, 5.41) is 1.28. The maximum Gasteiger partial charge on any atom is 0.130 e. The summed E-state index contributed by atoms with van der Waals surface area (Å²) in [5.41, 5.74) is 1.26. The zero-order valence-electron chi connectivity index (χ0n) is 14.5. The molecular formula is C19H30Cl2NO+. The lowest BCUT2D eigenvalue weighted by molar-refractivity contribution is -0.923. The van der Waals surface area contributed by atoms with Crippen LogP contribution in [0.15, 0.2) is 18.2 Å². The molecule has 4 heteroatoms. The first-order valence-corrected chi connectivity index (χ1v) is 9.67. The summed E-state index contributed by atoms with van der Waals surface area (Å²) in [7, 11) is 2.34. The third-order valence-corrected chi connectivity index (χ3v) is 5.39. The van der Waals surface area contributed by atoms with Crippen LogP contribution in [0, 0.1) is 0 Å². The highest BCUT2D eigenvalue weighted by atomic mass is 35.5. The van der Waals surface area contributed by atoms with E-state index in [0.29, 0.717) is 16.1 Å². The Bertz CT molecular complexity index is 490. The van der Waals surface area contributed by atoms with Crippen molar-refractivity contribution in [2.45, 2.75) is 58.1 Å². The molecule has 0 amide bonds. The van der Waals surface area contributed by atoms with E-state index in [-0.39, 0.29) is 0 Å². The lowest BCUT2D eigenvalue weighted by Crippen LogP contribution is -2.46. The number of benzene rings is 1. The molecule has 23 heavy (non-hydrogen) atoms. The van der Waals surface area contributed by atoms with Crippen LogP contribution in [-0.4, -0.2) is 37.3 Å². The van der Waals surface area contributed by atoms with Gasteiger partial charge in [0.2, 0.25) is 0 Å². The van der Waals surface area contributed by atoms with Crippen LogP contribution in [-0.2, 0) is 11.3 Å². The minimum Gasteiger partial charge on any atom is -0.367 e. The van der Waals surface area contributed by atoms with Crippen LogP contribution in [0.2, 0.25) is 10.0 Å². The topological polar surface area (TPSA) is 12.5 Å². The van der Waals surface area contributed by atoms with E-state index in [1.807, 2.05) is 12.1 Å². The average Bonchev–Trinajstić information content (AvgIpc) is 3.30. The SMILES string of the molecule is CCCCCCCC[N+](C)(Cc1ccc(Cl)c(Cl)c1)CC1CO1. The second-order valence-corrected chi connectivity index (χ2v) is 7.97. The highest BCUT2D eigenvalue weighted by Gasteiger charge is 2.34. The van der Waals surface area contributed by atoms with Crippen LogP contribution < -0.4 is 0 Å². The molecule has 2 unspecified atom stereocenters. The summed E-state index contributed by atoms with van der Waals surface area (Å²) in [6.07, 6.45) is 8.48. The smallest absolute Gasteiger partial charge is 0.130 e. The molecule has 1 aromatic carbocycles. The first-order valence-electron chi connectivity index (χ1n) is 8.91. The largest absolute Gasteiger partial charge is 0.367 e. The van der Waals surface area contributed by atoms with Gasteiger partial charge in [-0.1, -0.05) is 61.9 Å². The number of unbranched alkanes of at least 4 members (excludes halogenated alkanes) is 5. The van der Waals surface area contributed by atoms with Crippen LogP contribution >= 0.6 is 23.2 Å². The molecule has 1 aromatic rings. The van der Waals surface area contributed by atoms with E-state index < -0.39 is 0 Å². The van der Waals surface area contributed by atoms with Gasteiger partial charge in [0.1, 0.15) is 19.2 Å². The molecule has 0 spiro atoms. The van der Waals surface area contributed by atoms with Crippen molar-refractivity contribution < 1.29 is 9.22 Å². The Morgan fingerprint density at radius 3 is 2.43 bits per heavy atom. The molecule has 0 N–H and O–H groups in total. The molecule has 130 valence electrons. The summed E-state index contributed by atoms with van der Waals surface area (Å²) in [4.78, 5) is 0. The average molecular weight is 359 g/mol. The van der Waals surface area contributed by atoms with Crippen LogP contribution in [0.25, 0.3) is 0 Å². The van der Waals surface area contributed by atoms with Gasteiger partial charge in [0.25, 0.3) is 0 Å². The lowest BCUT2D eigenvalue weighted by atomic mass is 10.1. The number of rotatable bonds is 11. The van der Waals surface area contributed by atoms with Crippen molar-refractivity contribution in [3.63, 3.8) is 0 Å². The zero-order chi connectivity index (χ0) is 16.7. The van der Waals surface area contributed by atoms with Gasteiger partial charge < -0.3 is 9.22 Å². The Morgan fingerprint density at radius 1 is 1.09 bits per heavy atom. The van der Waals surface area contributed by atoms with Gasteiger partial charge in [-0.3, -0.25) is 0 Å². The molecule has 2 atom stereocenters. The highest BCUT2D eigenvalue weighted by Crippen LogP contribution is 2.26. The number of likely N-dealkylation sites (N-methyl/N-ethyl adjacent to an activating group) is 1. The second kappa shape index (κ2) is 9.27. The molecule has 2 rings (SSSR count). The van der Waals surface area contributed by atoms with E-state index in [0.717, 1.165) is 24.2 Å². The van der Waals surface area contributed by atoms with Crippen LogP contribution in [0.5, 0.6) is 0 Å². The molecule has 1 heterocycles. The van der Waals surface area contributed by atoms with Crippen molar-refractivity contribution in [1.29, 1.82) is 0 Å². The summed E-state index contributed by atoms with van der Waals surface area (Å²) in [6.45, 7) is 6.47. The number of hydrogen-bond acceptors (Lipinski definition) is 1. The quantitative estimate of drug-likeness (QED) is 0.280. The standard InChI is InChI=1S/C19H30Cl2NO/c1-3-4-5-6-7-8-11-22(2,14-17-15-23-17)13-16-9-10-18(20)19(21)12-16/h9-10,12,17H,3-8,11,13-15H2,1-2H3/q+1. The Labute approximate surface area is 151 Å². The fraction of sp³-hybridized carbons (Fsp3) is 0.684. The summed E-state index contributed by atoms with van der Waals surface area (Å²) >= 11 is 12.2. The van der Waals surface area contributed by atoms with Gasteiger partial charge in [-0.15, -0.1) is 0 Å². The van der Waals surface area contributed by atoms with Gasteiger partial charge in [-0.25, -0.2) is 0 Å². The minimum absolute atomic E-state index is 0.447. The molecule has 1 saturated heterocycles. The molecule has 1 aliphatic heterocycles. The second-order valence-electron chi connectivity index (χ2n) is 7.16. The van der Waals surface area contributed by atoms with Gasteiger partial charge in [-0.2, -0.15) is 0 Å². The molecule has 0 bridgehead atoms. The lowest BCUT2D eigenvalue weighted by Gasteiger charge is -2.34. The number of epoxide rings is 1. The van der Waals surface area contributed by atoms with Crippen molar-refractivity contribution in [3.8, 4) is 0 Å². The Morgan fingerprint density at radius 2 is 1.78 bits per heavy atom. The molecule has 0 saturated carbocycles. The number of hydrogen-bond donors (Lipinski definition) is 0. The molecule has 0 aromatic heterocycles. The predicted octanol–water partition coefficient (Wildman–Crippen LogP) is 5.70. The van der Waals surface area contributed by atoms with E-state index in [4.69, 9.17) is 27.9 Å². The number of halogens is 2. The van der Waals surface area contributed by atoms with Crippen LogP contribution in [0.1, 0.15) is 51.0 Å². The third-order valence-electron chi connectivity index (χ3n) is 4.65. The molecule has 0 aliphatic carbocycles. The van der Waals surface area contributed by atoms with E-state index in [1.165, 1.54) is 50.6 Å². The van der Waals surface area contributed by atoms with Crippen molar-refractivity contribution in [2.24, 2.45) is 0 Å². The normalized spacial score (nSPS) is 19.6. The molecule has 1 aliphatic rings. The Balaban J connectivity index is 1.87. The Kier molecular flexibility index (Phi) is 7.68. The van der Waals surface area contributed by atoms with Crippen LogP contribution in [0.3, 0.4) is 0 Å². The summed E-state index contributed by atoms with van der Waals surface area (Å²) in [6, 6.07) is 6.01. The van der Waals surface area contributed by atoms with Crippen molar-refractivity contribution in [3.05, 3.63) is 33.8 Å². The summed E-state index contributed by atoms with van der Waals surface area (Å²) < 4.78 is 6.51. The first kappa shape index (κ1) is 19.1. The zero-order valence-corrected chi connectivity index (χ0v) is 16.0. The van der Waals surface area contributed by atoms with Crippen molar-refractivity contribution in [1.82, 2.24) is 0 Å². The monoisotopic (exact) mass is 358 g/mol.